The fourth-order valence-electron chi connectivity index (χ4n) is 1.83. The quantitative estimate of drug-likeness (QED) is 0.559. The summed E-state index contributed by atoms with van der Waals surface area (Å²) in [4.78, 5) is 15.7. The zero-order chi connectivity index (χ0) is 16.3. The van der Waals surface area contributed by atoms with Crippen LogP contribution in [0.15, 0.2) is 44.3 Å². The maximum absolute atomic E-state index is 11.4. The van der Waals surface area contributed by atoms with E-state index in [2.05, 4.69) is 36.9 Å². The van der Waals surface area contributed by atoms with E-state index in [0.717, 1.165) is 4.47 Å². The van der Waals surface area contributed by atoms with Crippen LogP contribution in [0.2, 0.25) is 0 Å². The number of hydrogen-bond donors (Lipinski definition) is 1. The van der Waals surface area contributed by atoms with Crippen LogP contribution in [0.4, 0.5) is 5.69 Å². The summed E-state index contributed by atoms with van der Waals surface area (Å²) >= 11 is 6.78. The molecular weight excluding hydrogens is 414 g/mol. The Morgan fingerprint density at radius 3 is 2.68 bits per heavy atom. The zero-order valence-electron chi connectivity index (χ0n) is 11.9. The molecule has 1 N–H and O–H groups in total. The van der Waals surface area contributed by atoms with Crippen molar-refractivity contribution in [1.29, 1.82) is 0 Å². The number of carbonyl (C=O) groups excluding carboxylic acids is 1. The van der Waals surface area contributed by atoms with Crippen LogP contribution in [0.25, 0.3) is 0 Å². The van der Waals surface area contributed by atoms with E-state index in [1.54, 1.807) is 30.3 Å². The fourth-order valence-corrected chi connectivity index (χ4v) is 2.66. The van der Waals surface area contributed by atoms with Gasteiger partial charge in [-0.2, -0.15) is 0 Å². The van der Waals surface area contributed by atoms with Gasteiger partial charge in [0, 0.05) is 20.7 Å². The van der Waals surface area contributed by atoms with Crippen LogP contribution < -0.4 is 4.74 Å². The Morgan fingerprint density at radius 2 is 2.05 bits per heavy atom. The van der Waals surface area contributed by atoms with Gasteiger partial charge >= 0.3 is 0 Å². The molecule has 0 atom stereocenters. The highest BCUT2D eigenvalue weighted by atomic mass is 79.9. The van der Waals surface area contributed by atoms with Crippen LogP contribution in [0.1, 0.15) is 22.8 Å². The number of aromatic hydroxyl groups is 1. The molecule has 0 spiro atoms. The van der Waals surface area contributed by atoms with E-state index in [-0.39, 0.29) is 11.5 Å². The Morgan fingerprint density at radius 1 is 1.32 bits per heavy atom. The maximum Gasteiger partial charge on any atom is 0.167 e. The standard InChI is InChI=1S/C16H13Br2NO3/c1-9(20)10-4-3-5-11(6-10)19-8-12-15(18)13(17)7-14(22-2)16(12)21/h3-8,21H,1-2H3. The summed E-state index contributed by atoms with van der Waals surface area (Å²) in [5.74, 6) is 0.309. The molecule has 22 heavy (non-hydrogen) atoms. The minimum Gasteiger partial charge on any atom is -0.504 e. The minimum atomic E-state index is -0.0230. The highest BCUT2D eigenvalue weighted by Crippen LogP contribution is 2.39. The second kappa shape index (κ2) is 7.07. The molecule has 0 aliphatic rings. The number of benzene rings is 2. The van der Waals surface area contributed by atoms with Gasteiger partial charge in [-0.1, -0.05) is 12.1 Å². The summed E-state index contributed by atoms with van der Waals surface area (Å²) in [5, 5.41) is 10.2. The summed E-state index contributed by atoms with van der Waals surface area (Å²) in [5.41, 5.74) is 1.70. The van der Waals surface area contributed by atoms with Crippen molar-refractivity contribution in [2.45, 2.75) is 6.92 Å². The number of phenols is 1. The number of nitrogens with zero attached hydrogens (tertiary/aromatic N) is 1. The Balaban J connectivity index is 2.44. The maximum atomic E-state index is 11.4. The average Bonchev–Trinajstić information content (AvgIpc) is 2.51. The number of hydrogen-bond acceptors (Lipinski definition) is 4. The summed E-state index contributed by atoms with van der Waals surface area (Å²) in [6, 6.07) is 8.63. The lowest BCUT2D eigenvalue weighted by molar-refractivity contribution is 0.101. The van der Waals surface area contributed by atoms with E-state index < -0.39 is 0 Å². The first-order chi connectivity index (χ1) is 10.4. The molecule has 114 valence electrons. The first-order valence-electron chi connectivity index (χ1n) is 6.34. The van der Waals surface area contributed by atoms with Gasteiger partial charge in [0.1, 0.15) is 0 Å². The molecule has 4 nitrogen and oxygen atoms in total. The summed E-state index contributed by atoms with van der Waals surface area (Å²) in [7, 11) is 1.48. The Labute approximate surface area is 145 Å². The first-order valence-corrected chi connectivity index (χ1v) is 7.92. The molecule has 0 saturated heterocycles. The van der Waals surface area contributed by atoms with Crippen molar-refractivity contribution >= 4 is 49.5 Å². The van der Waals surface area contributed by atoms with Crippen LogP contribution in [-0.4, -0.2) is 24.2 Å². The van der Waals surface area contributed by atoms with E-state index in [1.165, 1.54) is 20.2 Å². The van der Waals surface area contributed by atoms with Gasteiger partial charge in [0.15, 0.2) is 17.3 Å². The minimum absolute atomic E-state index is 0.0101. The first kappa shape index (κ1) is 16.7. The molecule has 2 aromatic rings. The number of methoxy groups -OCH3 is 1. The van der Waals surface area contributed by atoms with Crippen LogP contribution in [-0.2, 0) is 0 Å². The molecule has 0 amide bonds. The summed E-state index contributed by atoms with van der Waals surface area (Å²) in [6.07, 6.45) is 1.52. The largest absolute Gasteiger partial charge is 0.504 e. The van der Waals surface area contributed by atoms with Crippen molar-refractivity contribution < 1.29 is 14.6 Å². The van der Waals surface area contributed by atoms with E-state index in [4.69, 9.17) is 4.74 Å². The van der Waals surface area contributed by atoms with Crippen molar-refractivity contribution in [1.82, 2.24) is 0 Å². The molecule has 0 heterocycles. The molecule has 0 bridgehead atoms. The number of rotatable bonds is 4. The molecule has 0 aromatic heterocycles. The van der Waals surface area contributed by atoms with Gasteiger partial charge in [0.05, 0.1) is 18.4 Å². The lowest BCUT2D eigenvalue weighted by Gasteiger charge is -2.09. The number of aliphatic imine (C=N–C) groups is 1. The van der Waals surface area contributed by atoms with Crippen LogP contribution in [0.5, 0.6) is 11.5 Å². The smallest absolute Gasteiger partial charge is 0.167 e. The molecule has 0 aliphatic heterocycles. The predicted molar refractivity (Wildman–Crippen MR) is 93.8 cm³/mol. The van der Waals surface area contributed by atoms with E-state index in [0.29, 0.717) is 27.0 Å². The number of Topliss-reactive ketones (excluding diaryl/α,β-unsaturated/α-hetero) is 1. The number of halogens is 2. The SMILES string of the molecule is COc1cc(Br)c(Br)c(C=Nc2cccc(C(C)=O)c2)c1O. The lowest BCUT2D eigenvalue weighted by Crippen LogP contribution is -1.92. The fraction of sp³-hybridized carbons (Fsp3) is 0.125. The summed E-state index contributed by atoms with van der Waals surface area (Å²) < 4.78 is 6.52. The van der Waals surface area contributed by atoms with Crippen molar-refractivity contribution in [3.05, 3.63) is 50.4 Å². The van der Waals surface area contributed by atoms with Gasteiger partial charge in [-0.3, -0.25) is 9.79 Å². The molecule has 0 fully saturated rings. The van der Waals surface area contributed by atoms with Crippen molar-refractivity contribution in [2.24, 2.45) is 4.99 Å². The van der Waals surface area contributed by atoms with Gasteiger partial charge in [-0.15, -0.1) is 0 Å². The number of phenolic OH excluding ortho intramolecular Hbond substituents is 1. The number of ether oxygens (including phenoxy) is 1. The van der Waals surface area contributed by atoms with Crippen LogP contribution >= 0.6 is 31.9 Å². The Hall–Kier alpha value is -1.66. The van der Waals surface area contributed by atoms with Crippen LogP contribution in [0.3, 0.4) is 0 Å². The predicted octanol–water partition coefficient (Wildman–Crippen LogP) is 4.88. The summed E-state index contributed by atoms with van der Waals surface area (Å²) in [6.45, 7) is 1.50. The third-order valence-corrected chi connectivity index (χ3v) is 5.02. The topological polar surface area (TPSA) is 58.9 Å². The van der Waals surface area contributed by atoms with Gasteiger partial charge < -0.3 is 9.84 Å². The van der Waals surface area contributed by atoms with Gasteiger partial charge in [0.25, 0.3) is 0 Å². The highest BCUT2D eigenvalue weighted by Gasteiger charge is 2.14. The second-order valence-corrected chi connectivity index (χ2v) is 6.15. The molecule has 6 heteroatoms. The number of ketones is 1. The van der Waals surface area contributed by atoms with Gasteiger partial charge in [-0.05, 0) is 57.0 Å². The molecule has 2 rings (SSSR count). The Kier molecular flexibility index (Phi) is 5.37. The third-order valence-electron chi connectivity index (χ3n) is 3.01. The molecule has 2 aromatic carbocycles. The lowest BCUT2D eigenvalue weighted by atomic mass is 10.1. The van der Waals surface area contributed by atoms with E-state index >= 15 is 0 Å². The zero-order valence-corrected chi connectivity index (χ0v) is 15.1. The molecular formula is C16H13Br2NO3. The van der Waals surface area contributed by atoms with E-state index in [1.807, 2.05) is 0 Å². The van der Waals surface area contributed by atoms with Crippen molar-refractivity contribution in [3.63, 3.8) is 0 Å². The van der Waals surface area contributed by atoms with Crippen molar-refractivity contribution in [2.75, 3.05) is 7.11 Å². The monoisotopic (exact) mass is 425 g/mol. The van der Waals surface area contributed by atoms with Crippen LogP contribution in [0, 0.1) is 0 Å². The third kappa shape index (κ3) is 3.56. The highest BCUT2D eigenvalue weighted by molar-refractivity contribution is 9.13. The second-order valence-electron chi connectivity index (χ2n) is 4.50. The van der Waals surface area contributed by atoms with Crippen molar-refractivity contribution in [3.8, 4) is 11.5 Å². The molecule has 0 saturated carbocycles. The molecule has 0 unspecified atom stereocenters. The van der Waals surface area contributed by atoms with Gasteiger partial charge in [0.2, 0.25) is 0 Å². The molecule has 0 radical (unpaired) electrons. The number of carbonyl (C=O) groups is 1. The van der Waals surface area contributed by atoms with E-state index in [9.17, 15) is 9.90 Å². The average molecular weight is 427 g/mol. The van der Waals surface area contributed by atoms with Gasteiger partial charge in [-0.25, -0.2) is 0 Å². The Bertz CT molecular complexity index is 757. The normalized spacial score (nSPS) is 10.9. The molecule has 0 aliphatic carbocycles.